The van der Waals surface area contributed by atoms with Crippen LogP contribution in [0.2, 0.25) is 0 Å². The first kappa shape index (κ1) is 24.0. The van der Waals surface area contributed by atoms with Gasteiger partial charge < -0.3 is 15.0 Å². The number of aryl methyl sites for hydroxylation is 1. The van der Waals surface area contributed by atoms with Crippen molar-refractivity contribution in [1.82, 2.24) is 14.7 Å². The fourth-order valence-electron chi connectivity index (χ4n) is 3.73. The van der Waals surface area contributed by atoms with Crippen molar-refractivity contribution in [2.45, 2.75) is 58.8 Å². The molecule has 1 aliphatic rings. The van der Waals surface area contributed by atoms with Crippen molar-refractivity contribution in [2.75, 3.05) is 32.1 Å². The van der Waals surface area contributed by atoms with Gasteiger partial charge in [-0.15, -0.1) is 0 Å². The van der Waals surface area contributed by atoms with E-state index in [1.54, 1.807) is 16.7 Å². The van der Waals surface area contributed by atoms with Gasteiger partial charge in [0.15, 0.2) is 0 Å². The van der Waals surface area contributed by atoms with E-state index in [1.165, 1.54) is 0 Å². The van der Waals surface area contributed by atoms with Gasteiger partial charge in [-0.3, -0.25) is 9.59 Å². The highest BCUT2D eigenvalue weighted by Gasteiger charge is 2.30. The average Bonchev–Trinajstić information content (AvgIpc) is 3.10. The smallest absolute Gasteiger partial charge is 0.245 e. The standard InChI is InChI=1S/C25H36N4O3/c1-18-9-6-12-20(15-18)29-22(16-21(27-29)25(2,3)4)26-23(30)17-28(13-8-14-32-5)24(31)19-10-7-11-19/h6,9,12,15-16,19H,7-8,10-11,13-14,17H2,1-5H3,(H,26,30). The van der Waals surface area contributed by atoms with Gasteiger partial charge in [0, 0.05) is 37.7 Å². The summed E-state index contributed by atoms with van der Waals surface area (Å²) in [6.45, 7) is 9.41. The molecule has 1 aliphatic carbocycles. The van der Waals surface area contributed by atoms with Gasteiger partial charge in [0.2, 0.25) is 11.8 Å². The van der Waals surface area contributed by atoms with Crippen LogP contribution in [0.15, 0.2) is 30.3 Å². The van der Waals surface area contributed by atoms with Gasteiger partial charge in [-0.2, -0.15) is 5.10 Å². The summed E-state index contributed by atoms with van der Waals surface area (Å²) in [6.07, 6.45) is 3.62. The Hall–Kier alpha value is -2.67. The average molecular weight is 441 g/mol. The minimum absolute atomic E-state index is 0.0307. The summed E-state index contributed by atoms with van der Waals surface area (Å²) in [6, 6.07) is 9.93. The number of nitrogens with zero attached hydrogens (tertiary/aromatic N) is 3. The second-order valence-electron chi connectivity index (χ2n) is 9.70. The van der Waals surface area contributed by atoms with Crippen molar-refractivity contribution in [1.29, 1.82) is 0 Å². The van der Waals surface area contributed by atoms with Crippen LogP contribution >= 0.6 is 0 Å². The first-order valence-corrected chi connectivity index (χ1v) is 11.4. The second-order valence-corrected chi connectivity index (χ2v) is 9.70. The lowest BCUT2D eigenvalue weighted by Gasteiger charge is -2.31. The molecule has 3 rings (SSSR count). The number of carbonyl (C=O) groups excluding carboxylic acids is 2. The van der Waals surface area contributed by atoms with Crippen LogP contribution in [-0.2, 0) is 19.7 Å². The number of benzene rings is 1. The molecule has 0 saturated heterocycles. The van der Waals surface area contributed by atoms with Crippen molar-refractivity contribution >= 4 is 17.6 Å². The number of carbonyl (C=O) groups is 2. The van der Waals surface area contributed by atoms with E-state index in [9.17, 15) is 9.59 Å². The zero-order valence-electron chi connectivity index (χ0n) is 20.0. The van der Waals surface area contributed by atoms with Crippen molar-refractivity contribution in [3.8, 4) is 5.69 Å². The van der Waals surface area contributed by atoms with Gasteiger partial charge in [0.05, 0.1) is 17.9 Å². The summed E-state index contributed by atoms with van der Waals surface area (Å²) in [7, 11) is 1.64. The minimum atomic E-state index is -0.218. The van der Waals surface area contributed by atoms with Gasteiger partial charge in [-0.05, 0) is 43.9 Å². The van der Waals surface area contributed by atoms with Gasteiger partial charge in [-0.1, -0.05) is 39.3 Å². The molecule has 1 fully saturated rings. The highest BCUT2D eigenvalue weighted by molar-refractivity contribution is 5.94. The molecule has 1 N–H and O–H groups in total. The normalized spacial score (nSPS) is 14.2. The third-order valence-electron chi connectivity index (χ3n) is 5.87. The lowest BCUT2D eigenvalue weighted by molar-refractivity contribution is -0.140. The lowest BCUT2D eigenvalue weighted by Crippen LogP contribution is -2.44. The third-order valence-corrected chi connectivity index (χ3v) is 5.87. The predicted molar refractivity (Wildman–Crippen MR) is 126 cm³/mol. The molecule has 1 aromatic heterocycles. The number of methoxy groups -OCH3 is 1. The number of hydrogen-bond acceptors (Lipinski definition) is 4. The molecule has 0 atom stereocenters. The predicted octanol–water partition coefficient (Wildman–Crippen LogP) is 4.08. The molecular weight excluding hydrogens is 404 g/mol. The Morgan fingerprint density at radius 1 is 1.25 bits per heavy atom. The van der Waals surface area contributed by atoms with Crippen LogP contribution in [0.5, 0.6) is 0 Å². The molecule has 0 bridgehead atoms. The number of ether oxygens (including phenoxy) is 1. The summed E-state index contributed by atoms with van der Waals surface area (Å²) in [5.74, 6) is 0.517. The highest BCUT2D eigenvalue weighted by atomic mass is 16.5. The third kappa shape index (κ3) is 5.97. The van der Waals surface area contributed by atoms with Crippen molar-refractivity contribution in [2.24, 2.45) is 5.92 Å². The first-order chi connectivity index (χ1) is 15.2. The van der Waals surface area contributed by atoms with Gasteiger partial charge in [0.25, 0.3) is 0 Å². The molecule has 0 radical (unpaired) electrons. The molecule has 2 aromatic rings. The SMILES string of the molecule is COCCCN(CC(=O)Nc1cc(C(C)(C)C)nn1-c1cccc(C)c1)C(=O)C1CCC1. The van der Waals surface area contributed by atoms with Crippen LogP contribution in [-0.4, -0.2) is 53.3 Å². The molecule has 32 heavy (non-hydrogen) atoms. The van der Waals surface area contributed by atoms with Gasteiger partial charge in [0.1, 0.15) is 5.82 Å². The zero-order chi connectivity index (χ0) is 23.3. The van der Waals surface area contributed by atoms with E-state index in [2.05, 4.69) is 26.1 Å². The Labute approximate surface area is 191 Å². The topological polar surface area (TPSA) is 76.5 Å². The Kier molecular flexibility index (Phi) is 7.72. The molecule has 1 aromatic carbocycles. The number of hydrogen-bond donors (Lipinski definition) is 1. The van der Waals surface area contributed by atoms with Crippen molar-refractivity contribution < 1.29 is 14.3 Å². The molecule has 2 amide bonds. The maximum Gasteiger partial charge on any atom is 0.245 e. The molecule has 0 spiro atoms. The number of nitrogens with one attached hydrogen (secondary N) is 1. The van der Waals surface area contributed by atoms with Gasteiger partial charge in [-0.25, -0.2) is 4.68 Å². The first-order valence-electron chi connectivity index (χ1n) is 11.4. The van der Waals surface area contributed by atoms with Crippen LogP contribution in [0.25, 0.3) is 5.69 Å². The fraction of sp³-hybridized carbons (Fsp3) is 0.560. The zero-order valence-corrected chi connectivity index (χ0v) is 20.0. The number of aromatic nitrogens is 2. The fourth-order valence-corrected chi connectivity index (χ4v) is 3.73. The molecule has 7 nitrogen and oxygen atoms in total. The Bertz CT molecular complexity index is 941. The maximum absolute atomic E-state index is 13.0. The second kappa shape index (κ2) is 10.3. The van der Waals surface area contributed by atoms with E-state index in [-0.39, 0.29) is 29.7 Å². The summed E-state index contributed by atoms with van der Waals surface area (Å²) >= 11 is 0. The monoisotopic (exact) mass is 440 g/mol. The molecule has 0 aliphatic heterocycles. The van der Waals surface area contributed by atoms with E-state index in [4.69, 9.17) is 9.84 Å². The summed E-state index contributed by atoms with van der Waals surface area (Å²) < 4.78 is 6.90. The lowest BCUT2D eigenvalue weighted by atomic mass is 9.84. The Balaban J connectivity index is 1.80. The Morgan fingerprint density at radius 3 is 2.59 bits per heavy atom. The van der Waals surface area contributed by atoms with E-state index in [0.29, 0.717) is 25.4 Å². The van der Waals surface area contributed by atoms with Gasteiger partial charge >= 0.3 is 0 Å². The summed E-state index contributed by atoms with van der Waals surface area (Å²) in [4.78, 5) is 27.6. The minimum Gasteiger partial charge on any atom is -0.385 e. The molecule has 174 valence electrons. The maximum atomic E-state index is 13.0. The molecule has 7 heteroatoms. The molecule has 1 heterocycles. The van der Waals surface area contributed by atoms with Crippen LogP contribution in [0.1, 0.15) is 57.7 Å². The molecule has 0 unspecified atom stereocenters. The quantitative estimate of drug-likeness (QED) is 0.596. The van der Waals surface area contributed by atoms with Crippen LogP contribution in [0, 0.1) is 12.8 Å². The van der Waals surface area contributed by atoms with E-state index in [0.717, 1.165) is 36.2 Å². The van der Waals surface area contributed by atoms with Crippen LogP contribution in [0.4, 0.5) is 5.82 Å². The number of rotatable bonds is 9. The Morgan fingerprint density at radius 2 is 2.00 bits per heavy atom. The summed E-state index contributed by atoms with van der Waals surface area (Å²) in [5, 5.41) is 7.78. The summed E-state index contributed by atoms with van der Waals surface area (Å²) in [5.41, 5.74) is 2.72. The van der Waals surface area contributed by atoms with Crippen LogP contribution in [0.3, 0.4) is 0 Å². The molecule has 1 saturated carbocycles. The van der Waals surface area contributed by atoms with Crippen LogP contribution < -0.4 is 5.32 Å². The van der Waals surface area contributed by atoms with Crippen molar-refractivity contribution in [3.05, 3.63) is 41.6 Å². The molecular formula is C25H36N4O3. The highest BCUT2D eigenvalue weighted by Crippen LogP contribution is 2.29. The van der Waals surface area contributed by atoms with E-state index in [1.807, 2.05) is 37.3 Å². The number of amides is 2. The number of anilines is 1. The van der Waals surface area contributed by atoms with Crippen molar-refractivity contribution in [3.63, 3.8) is 0 Å². The van der Waals surface area contributed by atoms with E-state index < -0.39 is 0 Å². The van der Waals surface area contributed by atoms with E-state index >= 15 is 0 Å². The largest absolute Gasteiger partial charge is 0.385 e.